The van der Waals surface area contributed by atoms with Crippen LogP contribution < -0.4 is 20.5 Å². The van der Waals surface area contributed by atoms with Crippen molar-refractivity contribution >= 4 is 28.5 Å². The summed E-state index contributed by atoms with van der Waals surface area (Å²) >= 11 is 0. The normalized spacial score (nSPS) is 15.6. The number of carbonyl (C=O) groups is 2. The molecule has 1 saturated heterocycles. The molecule has 1 aliphatic heterocycles. The second-order valence-corrected chi connectivity index (χ2v) is 9.38. The van der Waals surface area contributed by atoms with Gasteiger partial charge in [0, 0.05) is 31.3 Å². The summed E-state index contributed by atoms with van der Waals surface area (Å²) in [6, 6.07) is 11.8. The van der Waals surface area contributed by atoms with Gasteiger partial charge in [0.15, 0.2) is 5.65 Å². The number of hydrogen-bond donors (Lipinski definition) is 1. The van der Waals surface area contributed by atoms with Gasteiger partial charge >= 0.3 is 6.18 Å². The molecule has 0 aliphatic carbocycles. The van der Waals surface area contributed by atoms with Crippen molar-refractivity contribution in [3.05, 3.63) is 82.5 Å². The Morgan fingerprint density at radius 3 is 2.73 bits per heavy atom. The summed E-state index contributed by atoms with van der Waals surface area (Å²) in [5.41, 5.74) is 0.0208. The number of aromatic nitrogens is 4. The molecule has 1 fully saturated rings. The predicted molar refractivity (Wildman–Crippen MR) is 139 cm³/mol. The number of anilines is 1. The van der Waals surface area contributed by atoms with Gasteiger partial charge in [-0.2, -0.15) is 18.3 Å². The molecule has 0 radical (unpaired) electrons. The highest BCUT2D eigenvalue weighted by molar-refractivity contribution is 6.00. The highest BCUT2D eigenvalue weighted by Gasteiger charge is 2.35. The zero-order valence-corrected chi connectivity index (χ0v) is 21.4. The Kier molecular flexibility index (Phi) is 7.28. The van der Waals surface area contributed by atoms with E-state index in [1.807, 2.05) is 0 Å². The quantitative estimate of drug-likeness (QED) is 0.359. The SMILES string of the molecule is COc1cccc(N2CC(C(=O)NCCn3ncc4c(=O)n(Cc5cccc(C(F)(F)F)c5)cnc43)CC2=O)c1. The molecular weight excluding hydrogens is 529 g/mol. The van der Waals surface area contributed by atoms with Crippen LogP contribution in [-0.4, -0.2) is 51.3 Å². The topological polar surface area (TPSA) is 111 Å². The van der Waals surface area contributed by atoms with E-state index in [0.717, 1.165) is 12.1 Å². The first kappa shape index (κ1) is 26.9. The summed E-state index contributed by atoms with van der Waals surface area (Å²) in [6.07, 6.45) is -1.79. The number of amides is 2. The van der Waals surface area contributed by atoms with Crippen LogP contribution >= 0.6 is 0 Å². The van der Waals surface area contributed by atoms with Crippen molar-refractivity contribution in [1.29, 1.82) is 0 Å². The minimum Gasteiger partial charge on any atom is -0.497 e. The standard InChI is InChI=1S/C27H25F3N6O4/c1-40-21-7-3-6-20(12-21)35-15-18(11-23(35)37)25(38)31-8-9-36-24-22(13-33-36)26(39)34(16-32-24)14-17-4-2-5-19(10-17)27(28,29)30/h2-7,10,12-13,16,18H,8-9,11,14-15H2,1H3,(H,31,38). The molecule has 4 aromatic rings. The molecule has 2 amide bonds. The van der Waals surface area contributed by atoms with Crippen molar-refractivity contribution in [2.75, 3.05) is 25.1 Å². The fourth-order valence-electron chi connectivity index (χ4n) is 4.66. The highest BCUT2D eigenvalue weighted by atomic mass is 19.4. The van der Waals surface area contributed by atoms with Gasteiger partial charge in [0.25, 0.3) is 5.56 Å². The summed E-state index contributed by atoms with van der Waals surface area (Å²) in [4.78, 5) is 44.1. The summed E-state index contributed by atoms with van der Waals surface area (Å²) < 4.78 is 47.0. The van der Waals surface area contributed by atoms with Crippen molar-refractivity contribution in [2.45, 2.75) is 25.7 Å². The molecule has 1 atom stereocenters. The van der Waals surface area contributed by atoms with Crippen LogP contribution in [0.2, 0.25) is 0 Å². The summed E-state index contributed by atoms with van der Waals surface area (Å²) in [5.74, 6) is -0.335. The van der Waals surface area contributed by atoms with Crippen molar-refractivity contribution in [3.8, 4) is 5.75 Å². The van der Waals surface area contributed by atoms with Crippen molar-refractivity contribution < 1.29 is 27.5 Å². The van der Waals surface area contributed by atoms with Crippen LogP contribution in [0.5, 0.6) is 5.75 Å². The molecular formula is C27H25F3N6O4. The van der Waals surface area contributed by atoms with Gasteiger partial charge in [-0.05, 0) is 29.8 Å². The Morgan fingerprint density at radius 1 is 1.15 bits per heavy atom. The number of alkyl halides is 3. The number of benzene rings is 2. The third kappa shape index (κ3) is 5.53. The molecule has 0 saturated carbocycles. The lowest BCUT2D eigenvalue weighted by molar-refractivity contribution is -0.137. The fourth-order valence-corrected chi connectivity index (χ4v) is 4.66. The smallest absolute Gasteiger partial charge is 0.416 e. The van der Waals surface area contributed by atoms with E-state index >= 15 is 0 Å². The van der Waals surface area contributed by atoms with E-state index in [1.165, 1.54) is 41.0 Å². The second kappa shape index (κ2) is 10.8. The van der Waals surface area contributed by atoms with Crippen LogP contribution in [0, 0.1) is 5.92 Å². The van der Waals surface area contributed by atoms with Gasteiger partial charge in [-0.15, -0.1) is 0 Å². The minimum absolute atomic E-state index is 0.0835. The van der Waals surface area contributed by atoms with Crippen LogP contribution in [0.1, 0.15) is 17.5 Å². The van der Waals surface area contributed by atoms with Crippen LogP contribution in [0.4, 0.5) is 18.9 Å². The monoisotopic (exact) mass is 554 g/mol. The number of methoxy groups -OCH3 is 1. The predicted octanol–water partition coefficient (Wildman–Crippen LogP) is 2.84. The minimum atomic E-state index is -4.48. The summed E-state index contributed by atoms with van der Waals surface area (Å²) in [7, 11) is 1.54. The number of carbonyl (C=O) groups excluding carboxylic acids is 2. The van der Waals surface area contributed by atoms with Gasteiger partial charge < -0.3 is 15.0 Å². The maximum absolute atomic E-state index is 13.0. The molecule has 40 heavy (non-hydrogen) atoms. The first-order chi connectivity index (χ1) is 19.1. The average molecular weight is 555 g/mol. The summed E-state index contributed by atoms with van der Waals surface area (Å²) in [5, 5.41) is 7.21. The first-order valence-corrected chi connectivity index (χ1v) is 12.4. The molecule has 0 spiro atoms. The zero-order valence-electron chi connectivity index (χ0n) is 21.4. The number of ether oxygens (including phenoxy) is 1. The van der Waals surface area contributed by atoms with E-state index < -0.39 is 23.2 Å². The number of hydrogen-bond acceptors (Lipinski definition) is 6. The Bertz CT molecular complexity index is 1630. The maximum Gasteiger partial charge on any atom is 0.416 e. The van der Waals surface area contributed by atoms with Gasteiger partial charge in [-0.1, -0.05) is 18.2 Å². The lowest BCUT2D eigenvalue weighted by Gasteiger charge is -2.17. The van der Waals surface area contributed by atoms with Crippen LogP contribution in [0.15, 0.2) is 65.8 Å². The number of fused-ring (bicyclic) bond motifs is 1. The largest absolute Gasteiger partial charge is 0.497 e. The fraction of sp³-hybridized carbons (Fsp3) is 0.296. The summed E-state index contributed by atoms with van der Waals surface area (Å²) in [6.45, 7) is 0.573. The molecule has 10 nitrogen and oxygen atoms in total. The van der Waals surface area contributed by atoms with Crippen molar-refractivity contribution in [1.82, 2.24) is 24.6 Å². The third-order valence-corrected chi connectivity index (χ3v) is 6.71. The molecule has 0 bridgehead atoms. The van der Waals surface area contributed by atoms with E-state index in [0.29, 0.717) is 22.6 Å². The number of nitrogens with zero attached hydrogens (tertiary/aromatic N) is 5. The molecule has 2 aromatic heterocycles. The first-order valence-electron chi connectivity index (χ1n) is 12.4. The number of nitrogens with one attached hydrogen (secondary N) is 1. The second-order valence-electron chi connectivity index (χ2n) is 9.38. The van der Waals surface area contributed by atoms with Gasteiger partial charge in [-0.3, -0.25) is 19.0 Å². The van der Waals surface area contributed by atoms with E-state index in [9.17, 15) is 27.6 Å². The van der Waals surface area contributed by atoms with E-state index in [2.05, 4.69) is 15.4 Å². The van der Waals surface area contributed by atoms with E-state index in [1.54, 1.807) is 29.2 Å². The Hall–Kier alpha value is -4.68. The third-order valence-electron chi connectivity index (χ3n) is 6.71. The molecule has 5 rings (SSSR count). The molecule has 1 unspecified atom stereocenters. The molecule has 1 N–H and O–H groups in total. The molecule has 208 valence electrons. The number of rotatable bonds is 8. The average Bonchev–Trinajstić information content (AvgIpc) is 3.54. The Balaban J connectivity index is 1.20. The zero-order chi connectivity index (χ0) is 28.4. The number of halogens is 3. The van der Waals surface area contributed by atoms with Gasteiger partial charge in [0.05, 0.1) is 37.9 Å². The van der Waals surface area contributed by atoms with Crippen LogP contribution in [0.25, 0.3) is 11.0 Å². The van der Waals surface area contributed by atoms with Crippen LogP contribution in [-0.2, 0) is 28.9 Å². The van der Waals surface area contributed by atoms with Gasteiger partial charge in [-0.25, -0.2) is 9.67 Å². The molecule has 2 aromatic carbocycles. The van der Waals surface area contributed by atoms with Crippen molar-refractivity contribution in [2.24, 2.45) is 5.92 Å². The van der Waals surface area contributed by atoms with E-state index in [4.69, 9.17) is 4.74 Å². The van der Waals surface area contributed by atoms with E-state index in [-0.39, 0.29) is 49.8 Å². The molecule has 3 heterocycles. The lowest BCUT2D eigenvalue weighted by atomic mass is 10.1. The highest BCUT2D eigenvalue weighted by Crippen LogP contribution is 2.30. The van der Waals surface area contributed by atoms with Gasteiger partial charge in [0.1, 0.15) is 17.5 Å². The van der Waals surface area contributed by atoms with Crippen molar-refractivity contribution in [3.63, 3.8) is 0 Å². The molecule has 13 heteroatoms. The lowest BCUT2D eigenvalue weighted by Crippen LogP contribution is -2.35. The Labute approximate surface area is 226 Å². The molecule has 1 aliphatic rings. The Morgan fingerprint density at radius 2 is 1.95 bits per heavy atom. The maximum atomic E-state index is 13.0. The van der Waals surface area contributed by atoms with Crippen LogP contribution in [0.3, 0.4) is 0 Å². The van der Waals surface area contributed by atoms with Gasteiger partial charge in [0.2, 0.25) is 11.8 Å².